The summed E-state index contributed by atoms with van der Waals surface area (Å²) in [5.74, 6) is -0.436. The van der Waals surface area contributed by atoms with Crippen molar-refractivity contribution >= 4 is 22.9 Å². The maximum atomic E-state index is 11.4. The van der Waals surface area contributed by atoms with Crippen LogP contribution in [0, 0.1) is 6.92 Å². The minimum atomic E-state index is -1.15. The summed E-state index contributed by atoms with van der Waals surface area (Å²) >= 11 is 0. The molecule has 9 nitrogen and oxygen atoms in total. The number of nitrogens with zero attached hydrogens (tertiary/aromatic N) is 5. The van der Waals surface area contributed by atoms with Crippen LogP contribution < -0.4 is 4.90 Å². The lowest BCUT2D eigenvalue weighted by Gasteiger charge is -2.27. The third-order valence-corrected chi connectivity index (χ3v) is 5.00. The number of carboxylic acids is 1. The van der Waals surface area contributed by atoms with Crippen molar-refractivity contribution in [2.45, 2.75) is 6.92 Å². The summed E-state index contributed by atoms with van der Waals surface area (Å²) in [6.45, 7) is 4.42. The lowest BCUT2D eigenvalue weighted by atomic mass is 10.1. The average Bonchev–Trinajstić information content (AvgIpc) is 3.41. The highest BCUT2D eigenvalue weighted by Crippen LogP contribution is 2.29. The molecule has 0 spiro atoms. The third-order valence-electron chi connectivity index (χ3n) is 5.00. The highest BCUT2D eigenvalue weighted by atomic mass is 16.5. The molecule has 3 aromatic heterocycles. The molecule has 4 aromatic rings. The Balaban J connectivity index is 1.61. The molecule has 0 unspecified atom stereocenters. The predicted molar refractivity (Wildman–Crippen MR) is 109 cm³/mol. The second kappa shape index (κ2) is 7.27. The van der Waals surface area contributed by atoms with Crippen molar-refractivity contribution < 1.29 is 19.1 Å². The quantitative estimate of drug-likeness (QED) is 0.552. The number of morpholine rings is 1. The summed E-state index contributed by atoms with van der Waals surface area (Å²) in [6, 6.07) is 9.56. The number of hydrogen-bond acceptors (Lipinski definition) is 7. The van der Waals surface area contributed by atoms with Gasteiger partial charge in [0.2, 0.25) is 5.76 Å². The molecule has 152 valence electrons. The molecular weight excluding hydrogens is 386 g/mol. The van der Waals surface area contributed by atoms with Crippen LogP contribution >= 0.6 is 0 Å². The minimum absolute atomic E-state index is 0.174. The molecule has 0 radical (unpaired) electrons. The largest absolute Gasteiger partial charge is 0.475 e. The summed E-state index contributed by atoms with van der Waals surface area (Å²) in [6.07, 6.45) is 3.62. The SMILES string of the molecule is Cc1cccc(-c2cnn(-c3nc(N4CCOCC4)c4oc(C(=O)O)cc4n3)c2)c1. The zero-order valence-corrected chi connectivity index (χ0v) is 16.3. The average molecular weight is 405 g/mol. The van der Waals surface area contributed by atoms with Gasteiger partial charge in [0.15, 0.2) is 11.4 Å². The first-order valence-electron chi connectivity index (χ1n) is 9.58. The van der Waals surface area contributed by atoms with E-state index in [2.05, 4.69) is 21.1 Å². The number of aryl methyl sites for hydroxylation is 1. The van der Waals surface area contributed by atoms with Gasteiger partial charge in [0.1, 0.15) is 5.52 Å². The predicted octanol–water partition coefficient (Wildman–Crippen LogP) is 2.92. The van der Waals surface area contributed by atoms with Crippen LogP contribution in [0.25, 0.3) is 28.2 Å². The van der Waals surface area contributed by atoms with Crippen LogP contribution in [0.4, 0.5) is 5.82 Å². The molecule has 4 heterocycles. The van der Waals surface area contributed by atoms with Gasteiger partial charge in [0, 0.05) is 30.9 Å². The zero-order chi connectivity index (χ0) is 20.7. The molecule has 0 saturated carbocycles. The van der Waals surface area contributed by atoms with Crippen LogP contribution in [0.2, 0.25) is 0 Å². The number of furan rings is 1. The van der Waals surface area contributed by atoms with E-state index in [1.807, 2.05) is 36.2 Å². The van der Waals surface area contributed by atoms with E-state index < -0.39 is 5.97 Å². The molecule has 0 atom stereocenters. The maximum Gasteiger partial charge on any atom is 0.371 e. The number of carboxylic acid groups (broad SMARTS) is 1. The van der Waals surface area contributed by atoms with E-state index >= 15 is 0 Å². The number of hydrogen-bond donors (Lipinski definition) is 1. The van der Waals surface area contributed by atoms with Crippen LogP contribution in [-0.4, -0.2) is 57.1 Å². The minimum Gasteiger partial charge on any atom is -0.475 e. The van der Waals surface area contributed by atoms with E-state index in [4.69, 9.17) is 9.15 Å². The highest BCUT2D eigenvalue weighted by Gasteiger charge is 2.23. The number of aromatic carboxylic acids is 1. The highest BCUT2D eigenvalue weighted by molar-refractivity contribution is 5.93. The summed E-state index contributed by atoms with van der Waals surface area (Å²) in [5.41, 5.74) is 3.92. The van der Waals surface area contributed by atoms with E-state index in [1.165, 1.54) is 6.07 Å². The standard InChI is InChI=1S/C21H19N5O4/c1-13-3-2-4-14(9-13)15-11-22-26(12-15)21-23-16-10-17(20(27)28)30-18(16)19(24-21)25-5-7-29-8-6-25/h2-4,9-12H,5-8H2,1H3,(H,27,28). The van der Waals surface area contributed by atoms with Crippen LogP contribution in [0.15, 0.2) is 47.1 Å². The van der Waals surface area contributed by atoms with Crippen LogP contribution in [0.5, 0.6) is 0 Å². The van der Waals surface area contributed by atoms with Crippen molar-refractivity contribution in [3.8, 4) is 17.1 Å². The van der Waals surface area contributed by atoms with Crippen molar-refractivity contribution in [1.82, 2.24) is 19.7 Å². The van der Waals surface area contributed by atoms with Gasteiger partial charge in [-0.3, -0.25) is 0 Å². The number of anilines is 1. The Hall–Kier alpha value is -3.72. The monoisotopic (exact) mass is 405 g/mol. The number of carbonyl (C=O) groups is 1. The van der Waals surface area contributed by atoms with Gasteiger partial charge in [0.25, 0.3) is 5.95 Å². The number of benzene rings is 1. The van der Waals surface area contributed by atoms with Gasteiger partial charge >= 0.3 is 5.97 Å². The Morgan fingerprint density at radius 1 is 1.13 bits per heavy atom. The van der Waals surface area contributed by atoms with Crippen molar-refractivity contribution in [3.05, 3.63) is 54.0 Å². The Kier molecular flexibility index (Phi) is 4.44. The van der Waals surface area contributed by atoms with E-state index in [0.29, 0.717) is 49.2 Å². The maximum absolute atomic E-state index is 11.4. The molecule has 0 bridgehead atoms. The second-order valence-corrected chi connectivity index (χ2v) is 7.12. The molecule has 1 N–H and O–H groups in total. The number of rotatable bonds is 4. The van der Waals surface area contributed by atoms with Gasteiger partial charge in [-0.2, -0.15) is 10.1 Å². The van der Waals surface area contributed by atoms with Crippen LogP contribution in [0.1, 0.15) is 16.1 Å². The lowest BCUT2D eigenvalue weighted by Crippen LogP contribution is -2.37. The van der Waals surface area contributed by atoms with Crippen LogP contribution in [0.3, 0.4) is 0 Å². The number of ether oxygens (including phenoxy) is 1. The molecular formula is C21H19N5O4. The fourth-order valence-electron chi connectivity index (χ4n) is 3.51. The fourth-order valence-corrected chi connectivity index (χ4v) is 3.51. The lowest BCUT2D eigenvalue weighted by molar-refractivity contribution is 0.0665. The summed E-state index contributed by atoms with van der Waals surface area (Å²) in [5, 5.41) is 13.8. The van der Waals surface area contributed by atoms with E-state index in [-0.39, 0.29) is 5.76 Å². The molecule has 0 aliphatic carbocycles. The van der Waals surface area contributed by atoms with Gasteiger partial charge in [-0.05, 0) is 12.5 Å². The van der Waals surface area contributed by atoms with Crippen molar-refractivity contribution in [1.29, 1.82) is 0 Å². The molecule has 0 amide bonds. The van der Waals surface area contributed by atoms with Crippen molar-refractivity contribution in [2.75, 3.05) is 31.2 Å². The summed E-state index contributed by atoms with van der Waals surface area (Å²) in [7, 11) is 0. The Labute approximate surface area is 171 Å². The van der Waals surface area contributed by atoms with E-state index in [0.717, 1.165) is 16.7 Å². The van der Waals surface area contributed by atoms with Gasteiger partial charge in [-0.25, -0.2) is 14.5 Å². The van der Waals surface area contributed by atoms with Gasteiger partial charge in [-0.15, -0.1) is 0 Å². The Morgan fingerprint density at radius 2 is 1.97 bits per heavy atom. The first-order valence-corrected chi connectivity index (χ1v) is 9.58. The number of aromatic nitrogens is 4. The smallest absolute Gasteiger partial charge is 0.371 e. The van der Waals surface area contributed by atoms with Crippen molar-refractivity contribution in [2.24, 2.45) is 0 Å². The molecule has 1 aliphatic heterocycles. The van der Waals surface area contributed by atoms with Crippen molar-refractivity contribution in [3.63, 3.8) is 0 Å². The molecule has 1 aliphatic rings. The fraction of sp³-hybridized carbons (Fsp3) is 0.238. The summed E-state index contributed by atoms with van der Waals surface area (Å²) < 4.78 is 12.6. The normalized spacial score (nSPS) is 14.4. The van der Waals surface area contributed by atoms with Gasteiger partial charge in [-0.1, -0.05) is 29.8 Å². The first kappa shape index (κ1) is 18.3. The number of fused-ring (bicyclic) bond motifs is 1. The topological polar surface area (TPSA) is 107 Å². The Morgan fingerprint density at radius 3 is 2.73 bits per heavy atom. The van der Waals surface area contributed by atoms with Gasteiger partial charge in [0.05, 0.1) is 19.4 Å². The van der Waals surface area contributed by atoms with Crippen LogP contribution in [-0.2, 0) is 4.74 Å². The molecule has 9 heteroatoms. The summed E-state index contributed by atoms with van der Waals surface area (Å²) in [4.78, 5) is 22.6. The molecule has 1 aromatic carbocycles. The first-order chi connectivity index (χ1) is 14.6. The zero-order valence-electron chi connectivity index (χ0n) is 16.3. The molecule has 30 heavy (non-hydrogen) atoms. The van der Waals surface area contributed by atoms with E-state index in [1.54, 1.807) is 10.9 Å². The second-order valence-electron chi connectivity index (χ2n) is 7.12. The van der Waals surface area contributed by atoms with Gasteiger partial charge < -0.3 is 19.2 Å². The molecule has 1 fully saturated rings. The Bertz CT molecular complexity index is 1240. The molecule has 1 saturated heterocycles. The van der Waals surface area contributed by atoms with E-state index in [9.17, 15) is 9.90 Å². The molecule has 5 rings (SSSR count). The third kappa shape index (κ3) is 3.29.